The predicted molar refractivity (Wildman–Crippen MR) is 67.8 cm³/mol. The lowest BCUT2D eigenvalue weighted by Gasteiger charge is -2.21. The number of hydrogen-bond acceptors (Lipinski definition) is 3. The summed E-state index contributed by atoms with van der Waals surface area (Å²) < 4.78 is 11.4. The van der Waals surface area contributed by atoms with E-state index < -0.39 is 0 Å². The van der Waals surface area contributed by atoms with Crippen molar-refractivity contribution in [1.29, 1.82) is 0 Å². The first-order valence-electron chi connectivity index (χ1n) is 6.77. The van der Waals surface area contributed by atoms with Gasteiger partial charge in [0.15, 0.2) is 0 Å². The van der Waals surface area contributed by atoms with Gasteiger partial charge in [0.05, 0.1) is 12.4 Å². The molecule has 2 rings (SSSR count). The molecule has 0 amide bonds. The zero-order valence-electron chi connectivity index (χ0n) is 10.7. The predicted octanol–water partition coefficient (Wildman–Crippen LogP) is 3.24. The van der Waals surface area contributed by atoms with Crippen molar-refractivity contribution in [3.63, 3.8) is 0 Å². The molecular weight excluding hydrogens is 214 g/mol. The molecule has 0 saturated heterocycles. The van der Waals surface area contributed by atoms with Crippen LogP contribution >= 0.6 is 0 Å². The van der Waals surface area contributed by atoms with Crippen molar-refractivity contribution in [2.75, 3.05) is 6.54 Å². The molecule has 0 aromatic carbocycles. The molecule has 0 bridgehead atoms. The van der Waals surface area contributed by atoms with Crippen molar-refractivity contribution in [1.82, 2.24) is 5.32 Å². The van der Waals surface area contributed by atoms with E-state index in [2.05, 4.69) is 12.2 Å². The molecule has 0 atom stereocenters. The second-order valence-corrected chi connectivity index (χ2v) is 4.72. The topological polar surface area (TPSA) is 34.4 Å². The molecule has 0 radical (unpaired) electrons. The third-order valence-electron chi connectivity index (χ3n) is 3.41. The molecular formula is C14H23NO2. The van der Waals surface area contributed by atoms with Crippen LogP contribution in [0.15, 0.2) is 16.7 Å². The van der Waals surface area contributed by atoms with Crippen molar-refractivity contribution >= 4 is 0 Å². The Hall–Kier alpha value is -0.800. The summed E-state index contributed by atoms with van der Waals surface area (Å²) in [7, 11) is 0. The summed E-state index contributed by atoms with van der Waals surface area (Å²) in [4.78, 5) is 0. The normalized spacial score (nSPS) is 17.5. The van der Waals surface area contributed by atoms with Crippen LogP contribution in [0, 0.1) is 0 Å². The summed E-state index contributed by atoms with van der Waals surface area (Å²) in [5.74, 6) is 0.983. The van der Waals surface area contributed by atoms with E-state index in [1.165, 1.54) is 37.7 Å². The van der Waals surface area contributed by atoms with E-state index in [0.717, 1.165) is 18.8 Å². The molecule has 1 heterocycles. The quantitative estimate of drug-likeness (QED) is 0.824. The van der Waals surface area contributed by atoms with Crippen LogP contribution in [0.25, 0.3) is 0 Å². The van der Waals surface area contributed by atoms with E-state index in [9.17, 15) is 0 Å². The highest BCUT2D eigenvalue weighted by molar-refractivity contribution is 5.16. The molecule has 1 aromatic rings. The average molecular weight is 237 g/mol. The van der Waals surface area contributed by atoms with E-state index in [-0.39, 0.29) is 0 Å². The second kappa shape index (κ2) is 6.82. The van der Waals surface area contributed by atoms with Gasteiger partial charge < -0.3 is 14.5 Å². The summed E-state index contributed by atoms with van der Waals surface area (Å²) in [6, 6.07) is 2.03. The maximum absolute atomic E-state index is 5.93. The molecule has 1 fully saturated rings. The first-order chi connectivity index (χ1) is 8.40. The number of rotatable bonds is 6. The molecule has 1 saturated carbocycles. The van der Waals surface area contributed by atoms with E-state index in [0.29, 0.717) is 12.7 Å². The lowest BCUT2D eigenvalue weighted by atomic mass is 9.98. The smallest absolute Gasteiger partial charge is 0.133 e. The van der Waals surface area contributed by atoms with Crippen LogP contribution in [0.2, 0.25) is 0 Å². The van der Waals surface area contributed by atoms with Crippen molar-refractivity contribution in [2.24, 2.45) is 0 Å². The van der Waals surface area contributed by atoms with Gasteiger partial charge in [0, 0.05) is 12.1 Å². The molecule has 1 aliphatic carbocycles. The van der Waals surface area contributed by atoms with Gasteiger partial charge in [0.25, 0.3) is 0 Å². The van der Waals surface area contributed by atoms with Gasteiger partial charge in [-0.3, -0.25) is 0 Å². The second-order valence-electron chi connectivity index (χ2n) is 4.72. The van der Waals surface area contributed by atoms with Crippen LogP contribution in [0.5, 0.6) is 0 Å². The largest absolute Gasteiger partial charge is 0.467 e. The maximum Gasteiger partial charge on any atom is 0.133 e. The minimum atomic E-state index is 0.445. The van der Waals surface area contributed by atoms with Crippen molar-refractivity contribution in [3.05, 3.63) is 23.7 Å². The first-order valence-corrected chi connectivity index (χ1v) is 6.77. The Labute approximate surface area is 104 Å². The number of furan rings is 1. The fraction of sp³-hybridized carbons (Fsp3) is 0.714. The van der Waals surface area contributed by atoms with Crippen LogP contribution in [-0.4, -0.2) is 12.6 Å². The Kier molecular flexibility index (Phi) is 5.08. The van der Waals surface area contributed by atoms with Gasteiger partial charge in [-0.05, 0) is 25.5 Å². The van der Waals surface area contributed by atoms with Gasteiger partial charge in [-0.25, -0.2) is 0 Å². The van der Waals surface area contributed by atoms with E-state index in [4.69, 9.17) is 9.15 Å². The summed E-state index contributed by atoms with van der Waals surface area (Å²) in [6.07, 6.45) is 8.62. The highest BCUT2D eigenvalue weighted by Crippen LogP contribution is 2.22. The summed E-state index contributed by atoms with van der Waals surface area (Å²) >= 11 is 0. The summed E-state index contributed by atoms with van der Waals surface area (Å²) in [5.41, 5.74) is 1.22. The molecule has 0 unspecified atom stereocenters. The highest BCUT2D eigenvalue weighted by atomic mass is 16.5. The zero-order chi connectivity index (χ0) is 11.9. The van der Waals surface area contributed by atoms with E-state index >= 15 is 0 Å². The van der Waals surface area contributed by atoms with Gasteiger partial charge in [-0.2, -0.15) is 0 Å². The van der Waals surface area contributed by atoms with Crippen LogP contribution in [-0.2, 0) is 17.9 Å². The lowest BCUT2D eigenvalue weighted by Crippen LogP contribution is -2.17. The minimum Gasteiger partial charge on any atom is -0.467 e. The Morgan fingerprint density at radius 2 is 2.18 bits per heavy atom. The molecule has 1 aliphatic rings. The first kappa shape index (κ1) is 12.7. The monoisotopic (exact) mass is 237 g/mol. The van der Waals surface area contributed by atoms with Crippen molar-refractivity contribution in [2.45, 2.75) is 58.3 Å². The van der Waals surface area contributed by atoms with Gasteiger partial charge in [-0.15, -0.1) is 0 Å². The number of ether oxygens (including phenoxy) is 1. The fourth-order valence-electron chi connectivity index (χ4n) is 2.34. The standard InChI is InChI=1S/C14H23NO2/c1-2-15-10-12-8-9-16-14(12)11-17-13-6-4-3-5-7-13/h8-9,13,15H,2-7,10-11H2,1H3. The lowest BCUT2D eigenvalue weighted by molar-refractivity contribution is 0.00831. The van der Waals surface area contributed by atoms with Crippen molar-refractivity contribution in [3.8, 4) is 0 Å². The van der Waals surface area contributed by atoms with Gasteiger partial charge in [0.2, 0.25) is 0 Å². The molecule has 96 valence electrons. The molecule has 3 nitrogen and oxygen atoms in total. The Morgan fingerprint density at radius 1 is 1.35 bits per heavy atom. The SMILES string of the molecule is CCNCc1ccoc1COC1CCCCC1. The fourth-order valence-corrected chi connectivity index (χ4v) is 2.34. The molecule has 0 spiro atoms. The summed E-state index contributed by atoms with van der Waals surface area (Å²) in [5, 5.41) is 3.31. The molecule has 17 heavy (non-hydrogen) atoms. The van der Waals surface area contributed by atoms with Crippen LogP contribution in [0.4, 0.5) is 0 Å². The maximum atomic E-state index is 5.93. The zero-order valence-corrected chi connectivity index (χ0v) is 10.7. The molecule has 0 aliphatic heterocycles. The van der Waals surface area contributed by atoms with Crippen molar-refractivity contribution < 1.29 is 9.15 Å². The molecule has 3 heteroatoms. The van der Waals surface area contributed by atoms with Gasteiger partial charge in [0.1, 0.15) is 12.4 Å². The van der Waals surface area contributed by atoms with Crippen LogP contribution in [0.1, 0.15) is 50.4 Å². The van der Waals surface area contributed by atoms with Crippen LogP contribution < -0.4 is 5.32 Å². The van der Waals surface area contributed by atoms with E-state index in [1.807, 2.05) is 6.07 Å². The Bertz CT molecular complexity index is 316. The minimum absolute atomic E-state index is 0.445. The van der Waals surface area contributed by atoms with E-state index in [1.54, 1.807) is 6.26 Å². The molecule has 1 N–H and O–H groups in total. The van der Waals surface area contributed by atoms with Crippen LogP contribution in [0.3, 0.4) is 0 Å². The Balaban J connectivity index is 1.79. The number of hydrogen-bond donors (Lipinski definition) is 1. The average Bonchev–Trinajstić information content (AvgIpc) is 2.82. The van der Waals surface area contributed by atoms with Gasteiger partial charge in [-0.1, -0.05) is 26.2 Å². The third kappa shape index (κ3) is 3.86. The third-order valence-corrected chi connectivity index (χ3v) is 3.41. The molecule has 1 aromatic heterocycles. The number of nitrogens with one attached hydrogen (secondary N) is 1. The Morgan fingerprint density at radius 3 is 2.94 bits per heavy atom. The van der Waals surface area contributed by atoms with Gasteiger partial charge >= 0.3 is 0 Å². The highest BCUT2D eigenvalue weighted by Gasteiger charge is 2.15. The summed E-state index contributed by atoms with van der Waals surface area (Å²) in [6.45, 7) is 4.58.